The van der Waals surface area contributed by atoms with Crippen LogP contribution < -0.4 is 5.73 Å². The van der Waals surface area contributed by atoms with E-state index in [1.807, 2.05) is 0 Å². The summed E-state index contributed by atoms with van der Waals surface area (Å²) in [4.78, 5) is 39.6. The van der Waals surface area contributed by atoms with E-state index >= 15 is 0 Å². The average Bonchev–Trinajstić information content (AvgIpc) is 3.01. The number of carbonyl (C=O) groups is 3. The molecule has 2 heterocycles. The molecule has 2 aliphatic heterocycles. The molecule has 0 aromatic heterocycles. The molecule has 26 heavy (non-hydrogen) atoms. The number of nitrogens with zero attached hydrogens (tertiary/aromatic N) is 2. The highest BCUT2D eigenvalue weighted by atomic mass is 19.1. The highest BCUT2D eigenvalue weighted by Gasteiger charge is 2.37. The van der Waals surface area contributed by atoms with Gasteiger partial charge < -0.3 is 15.5 Å². The maximum atomic E-state index is 12.9. The first-order valence-corrected chi connectivity index (χ1v) is 9.04. The van der Waals surface area contributed by atoms with Crippen molar-refractivity contribution < 1.29 is 18.8 Å². The van der Waals surface area contributed by atoms with Crippen LogP contribution >= 0.6 is 0 Å². The van der Waals surface area contributed by atoms with E-state index in [-0.39, 0.29) is 41.8 Å². The van der Waals surface area contributed by atoms with Gasteiger partial charge in [0.25, 0.3) is 0 Å². The van der Waals surface area contributed by atoms with Crippen LogP contribution in [0.2, 0.25) is 0 Å². The Kier molecular flexibility index (Phi) is 5.54. The lowest BCUT2D eigenvalue weighted by molar-refractivity contribution is -0.138. The van der Waals surface area contributed by atoms with Gasteiger partial charge in [-0.05, 0) is 37.0 Å². The molecule has 2 N–H and O–H groups in total. The lowest BCUT2D eigenvalue weighted by Gasteiger charge is -2.32. The zero-order chi connectivity index (χ0) is 18.7. The smallest absolute Gasteiger partial charge is 0.227 e. The van der Waals surface area contributed by atoms with Crippen LogP contribution in [0, 0.1) is 17.7 Å². The minimum absolute atomic E-state index is 0.00875. The molecule has 2 aliphatic rings. The SMILES string of the molecule is NC(=O)C1CCN(C(=O)[C@H]2CC(=O)N(CCc3ccc(F)cc3)C2)CC1. The number of primary amides is 1. The van der Waals surface area contributed by atoms with Gasteiger partial charge in [-0.1, -0.05) is 12.1 Å². The monoisotopic (exact) mass is 361 g/mol. The molecule has 0 radical (unpaired) electrons. The molecule has 3 rings (SSSR count). The molecule has 1 atom stereocenters. The van der Waals surface area contributed by atoms with Gasteiger partial charge in [0.15, 0.2) is 0 Å². The summed E-state index contributed by atoms with van der Waals surface area (Å²) in [6, 6.07) is 6.23. The van der Waals surface area contributed by atoms with E-state index in [2.05, 4.69) is 0 Å². The van der Waals surface area contributed by atoms with Crippen molar-refractivity contribution in [1.29, 1.82) is 0 Å². The standard InChI is InChI=1S/C19H24FN3O3/c20-16-3-1-13(2-4-16)5-8-23-12-15(11-17(23)24)19(26)22-9-6-14(7-10-22)18(21)25/h1-4,14-15H,5-12H2,(H2,21,25)/t15-/m0/s1. The summed E-state index contributed by atoms with van der Waals surface area (Å²) in [5, 5.41) is 0. The van der Waals surface area contributed by atoms with Crippen molar-refractivity contribution in [2.45, 2.75) is 25.7 Å². The van der Waals surface area contributed by atoms with Gasteiger partial charge in [-0.3, -0.25) is 14.4 Å². The van der Waals surface area contributed by atoms with E-state index in [0.29, 0.717) is 45.4 Å². The fraction of sp³-hybridized carbons (Fsp3) is 0.526. The largest absolute Gasteiger partial charge is 0.369 e. The maximum Gasteiger partial charge on any atom is 0.227 e. The molecular formula is C19H24FN3O3. The third kappa shape index (κ3) is 4.20. The number of rotatable bonds is 5. The van der Waals surface area contributed by atoms with E-state index in [0.717, 1.165) is 5.56 Å². The maximum absolute atomic E-state index is 12.9. The van der Waals surface area contributed by atoms with Crippen LogP contribution in [0.25, 0.3) is 0 Å². The zero-order valence-corrected chi connectivity index (χ0v) is 14.7. The van der Waals surface area contributed by atoms with E-state index in [1.54, 1.807) is 21.9 Å². The minimum atomic E-state index is -0.319. The first-order chi connectivity index (χ1) is 12.4. The number of benzene rings is 1. The van der Waals surface area contributed by atoms with Crippen molar-refractivity contribution in [2.24, 2.45) is 17.6 Å². The van der Waals surface area contributed by atoms with E-state index in [1.165, 1.54) is 12.1 Å². The normalized spacial score (nSPS) is 21.3. The molecule has 7 heteroatoms. The third-order valence-corrected chi connectivity index (χ3v) is 5.36. The van der Waals surface area contributed by atoms with Crippen molar-refractivity contribution in [2.75, 3.05) is 26.2 Å². The fourth-order valence-electron chi connectivity index (χ4n) is 3.71. The quantitative estimate of drug-likeness (QED) is 0.847. The topological polar surface area (TPSA) is 83.7 Å². The van der Waals surface area contributed by atoms with Gasteiger partial charge >= 0.3 is 0 Å². The van der Waals surface area contributed by atoms with Crippen LogP contribution in [0.15, 0.2) is 24.3 Å². The molecule has 3 amide bonds. The molecule has 0 unspecified atom stereocenters. The molecule has 6 nitrogen and oxygen atoms in total. The summed E-state index contributed by atoms with van der Waals surface area (Å²) in [6.45, 7) is 1.99. The molecule has 0 bridgehead atoms. The van der Waals surface area contributed by atoms with Gasteiger partial charge in [-0.15, -0.1) is 0 Å². The summed E-state index contributed by atoms with van der Waals surface area (Å²) in [5.41, 5.74) is 6.28. The highest BCUT2D eigenvalue weighted by molar-refractivity contribution is 5.89. The van der Waals surface area contributed by atoms with Crippen LogP contribution in [0.1, 0.15) is 24.8 Å². The Morgan fingerprint density at radius 1 is 1.12 bits per heavy atom. The number of piperidine rings is 1. The predicted molar refractivity (Wildman–Crippen MR) is 93.3 cm³/mol. The van der Waals surface area contributed by atoms with Gasteiger partial charge in [-0.25, -0.2) is 4.39 Å². The minimum Gasteiger partial charge on any atom is -0.369 e. The van der Waals surface area contributed by atoms with E-state index in [4.69, 9.17) is 5.73 Å². The molecule has 0 aliphatic carbocycles. The Morgan fingerprint density at radius 3 is 2.38 bits per heavy atom. The second-order valence-electron chi connectivity index (χ2n) is 7.12. The second-order valence-corrected chi connectivity index (χ2v) is 7.12. The predicted octanol–water partition coefficient (Wildman–Crippen LogP) is 0.941. The lowest BCUT2D eigenvalue weighted by atomic mass is 9.95. The van der Waals surface area contributed by atoms with E-state index < -0.39 is 0 Å². The van der Waals surface area contributed by atoms with Crippen LogP contribution in [0.5, 0.6) is 0 Å². The Hall–Kier alpha value is -2.44. The van der Waals surface area contributed by atoms with E-state index in [9.17, 15) is 18.8 Å². The van der Waals surface area contributed by atoms with Gasteiger partial charge in [0, 0.05) is 38.5 Å². The number of halogens is 1. The van der Waals surface area contributed by atoms with Crippen molar-refractivity contribution in [3.63, 3.8) is 0 Å². The molecule has 2 fully saturated rings. The molecule has 2 saturated heterocycles. The number of hydrogen-bond donors (Lipinski definition) is 1. The summed E-state index contributed by atoms with van der Waals surface area (Å²) < 4.78 is 12.9. The summed E-state index contributed by atoms with van der Waals surface area (Å²) in [7, 11) is 0. The molecule has 0 spiro atoms. The highest BCUT2D eigenvalue weighted by Crippen LogP contribution is 2.24. The molecular weight excluding hydrogens is 337 g/mol. The molecule has 1 aromatic rings. The number of likely N-dealkylation sites (tertiary alicyclic amines) is 2. The number of carbonyl (C=O) groups excluding carboxylic acids is 3. The summed E-state index contributed by atoms with van der Waals surface area (Å²) in [5.74, 6) is -1.09. The zero-order valence-electron chi connectivity index (χ0n) is 14.7. The fourth-order valence-corrected chi connectivity index (χ4v) is 3.71. The van der Waals surface area contributed by atoms with Gasteiger partial charge in [0.1, 0.15) is 5.82 Å². The van der Waals surface area contributed by atoms with Crippen LogP contribution in [-0.2, 0) is 20.8 Å². The lowest BCUT2D eigenvalue weighted by Crippen LogP contribution is -2.44. The first-order valence-electron chi connectivity index (χ1n) is 9.04. The summed E-state index contributed by atoms with van der Waals surface area (Å²) >= 11 is 0. The van der Waals surface area contributed by atoms with Crippen LogP contribution in [0.3, 0.4) is 0 Å². The van der Waals surface area contributed by atoms with Crippen molar-refractivity contribution >= 4 is 17.7 Å². The average molecular weight is 361 g/mol. The third-order valence-electron chi connectivity index (χ3n) is 5.36. The molecule has 1 aromatic carbocycles. The number of amides is 3. The Morgan fingerprint density at radius 2 is 1.77 bits per heavy atom. The van der Waals surface area contributed by atoms with Gasteiger partial charge in [0.2, 0.25) is 17.7 Å². The second kappa shape index (κ2) is 7.85. The number of nitrogens with two attached hydrogens (primary N) is 1. The first kappa shape index (κ1) is 18.4. The van der Waals surface area contributed by atoms with Crippen molar-refractivity contribution in [3.05, 3.63) is 35.6 Å². The molecule has 140 valence electrons. The molecule has 0 saturated carbocycles. The van der Waals surface area contributed by atoms with Crippen LogP contribution in [0.4, 0.5) is 4.39 Å². The Labute approximate surface area is 152 Å². The van der Waals surface area contributed by atoms with Crippen LogP contribution in [-0.4, -0.2) is 53.7 Å². The van der Waals surface area contributed by atoms with Gasteiger partial charge in [0.05, 0.1) is 5.92 Å². The summed E-state index contributed by atoms with van der Waals surface area (Å²) in [6.07, 6.45) is 2.06. The van der Waals surface area contributed by atoms with Crippen molar-refractivity contribution in [3.8, 4) is 0 Å². The van der Waals surface area contributed by atoms with Gasteiger partial charge in [-0.2, -0.15) is 0 Å². The Bertz CT molecular complexity index is 684. The Balaban J connectivity index is 1.50. The number of hydrogen-bond acceptors (Lipinski definition) is 3. The van der Waals surface area contributed by atoms with Crippen molar-refractivity contribution in [1.82, 2.24) is 9.80 Å².